The molecule has 2 atom stereocenters. The number of amides is 1. The fraction of sp³-hybridized carbons (Fsp3) is 0.583. The number of aromatic nitrogens is 2. The van der Waals surface area contributed by atoms with Crippen molar-refractivity contribution in [2.24, 2.45) is 0 Å². The summed E-state index contributed by atoms with van der Waals surface area (Å²) < 4.78 is 0. The molecule has 0 aliphatic carbocycles. The van der Waals surface area contributed by atoms with Gasteiger partial charge in [0.15, 0.2) is 5.82 Å². The zero-order valence-corrected chi connectivity index (χ0v) is 9.95. The number of rotatable bonds is 3. The van der Waals surface area contributed by atoms with Crippen molar-refractivity contribution in [1.29, 1.82) is 0 Å². The highest BCUT2D eigenvalue weighted by Gasteiger charge is 2.32. The normalized spacial score (nSPS) is 20.4. The number of carbonyl (C=O) groups excluding carboxylic acids is 1. The maximum atomic E-state index is 11.6. The van der Waals surface area contributed by atoms with Crippen LogP contribution in [-0.4, -0.2) is 15.9 Å². The molecule has 1 aromatic heterocycles. The van der Waals surface area contributed by atoms with E-state index in [2.05, 4.69) is 29.1 Å². The van der Waals surface area contributed by atoms with Gasteiger partial charge < -0.3 is 5.32 Å². The fourth-order valence-corrected chi connectivity index (χ4v) is 1.91. The van der Waals surface area contributed by atoms with Crippen LogP contribution in [0.15, 0.2) is 6.20 Å². The van der Waals surface area contributed by atoms with Crippen molar-refractivity contribution in [2.45, 2.75) is 45.4 Å². The number of fused-ring (bicyclic) bond motifs is 1. The molecule has 16 heavy (non-hydrogen) atoms. The Kier molecular flexibility index (Phi) is 2.90. The second-order valence-corrected chi connectivity index (χ2v) is 4.29. The number of carbonyl (C=O) groups is 1. The summed E-state index contributed by atoms with van der Waals surface area (Å²) in [6, 6.07) is 0. The van der Waals surface area contributed by atoms with E-state index >= 15 is 0 Å². The predicted octanol–water partition coefficient (Wildman–Crippen LogP) is 2.44. The number of anilines is 1. The first-order valence-electron chi connectivity index (χ1n) is 5.85. The molecule has 2 heterocycles. The average Bonchev–Trinajstić information content (AvgIpc) is 2.62. The van der Waals surface area contributed by atoms with E-state index in [4.69, 9.17) is 0 Å². The minimum Gasteiger partial charge on any atom is -0.309 e. The van der Waals surface area contributed by atoms with E-state index in [0.29, 0.717) is 11.7 Å². The first kappa shape index (κ1) is 11.0. The minimum absolute atomic E-state index is 0.0267. The molecular formula is C12H17N3O. The fourth-order valence-electron chi connectivity index (χ4n) is 1.91. The van der Waals surface area contributed by atoms with Crippen LogP contribution in [0.5, 0.6) is 0 Å². The highest BCUT2D eigenvalue weighted by atomic mass is 16.2. The van der Waals surface area contributed by atoms with Crippen molar-refractivity contribution in [2.75, 3.05) is 5.32 Å². The average molecular weight is 219 g/mol. The van der Waals surface area contributed by atoms with Crippen LogP contribution >= 0.6 is 0 Å². The summed E-state index contributed by atoms with van der Waals surface area (Å²) in [5.41, 5.74) is 1.81. The topological polar surface area (TPSA) is 54.9 Å². The summed E-state index contributed by atoms with van der Waals surface area (Å²) in [7, 11) is 0. The van der Waals surface area contributed by atoms with Gasteiger partial charge in [-0.15, -0.1) is 0 Å². The van der Waals surface area contributed by atoms with E-state index in [9.17, 15) is 4.79 Å². The summed E-state index contributed by atoms with van der Waals surface area (Å²) in [5.74, 6) is 0.945. The molecule has 1 N–H and O–H groups in total. The van der Waals surface area contributed by atoms with Gasteiger partial charge in [0.1, 0.15) is 0 Å². The monoisotopic (exact) mass is 219 g/mol. The van der Waals surface area contributed by atoms with Gasteiger partial charge in [0.25, 0.3) is 0 Å². The van der Waals surface area contributed by atoms with E-state index < -0.39 is 0 Å². The van der Waals surface area contributed by atoms with Gasteiger partial charge in [0.2, 0.25) is 5.91 Å². The summed E-state index contributed by atoms with van der Waals surface area (Å²) in [5, 5.41) is 2.77. The lowest BCUT2D eigenvalue weighted by Crippen LogP contribution is -2.11. The SMILES string of the molecule is CCC(C)c1cnc2c(n1)C(CC)C(=O)N2. The van der Waals surface area contributed by atoms with E-state index in [-0.39, 0.29) is 11.8 Å². The molecule has 0 saturated carbocycles. The molecule has 4 nitrogen and oxygen atoms in total. The van der Waals surface area contributed by atoms with Gasteiger partial charge >= 0.3 is 0 Å². The molecule has 0 radical (unpaired) electrons. The van der Waals surface area contributed by atoms with Gasteiger partial charge in [-0.1, -0.05) is 20.8 Å². The van der Waals surface area contributed by atoms with Crippen LogP contribution in [0, 0.1) is 0 Å². The van der Waals surface area contributed by atoms with Crippen molar-refractivity contribution < 1.29 is 4.79 Å². The number of nitrogens with one attached hydrogen (secondary N) is 1. The molecule has 2 unspecified atom stereocenters. The molecule has 1 amide bonds. The molecule has 0 fully saturated rings. The Morgan fingerprint density at radius 1 is 1.50 bits per heavy atom. The quantitative estimate of drug-likeness (QED) is 0.849. The van der Waals surface area contributed by atoms with Crippen LogP contribution in [0.3, 0.4) is 0 Å². The number of hydrogen-bond donors (Lipinski definition) is 1. The van der Waals surface area contributed by atoms with Gasteiger partial charge in [-0.05, 0) is 18.8 Å². The Labute approximate surface area is 95.5 Å². The second kappa shape index (κ2) is 4.20. The van der Waals surface area contributed by atoms with Crippen LogP contribution < -0.4 is 5.32 Å². The van der Waals surface area contributed by atoms with Crippen molar-refractivity contribution in [3.63, 3.8) is 0 Å². The van der Waals surface area contributed by atoms with Gasteiger partial charge in [0, 0.05) is 0 Å². The summed E-state index contributed by atoms with van der Waals surface area (Å²) in [4.78, 5) is 20.5. The second-order valence-electron chi connectivity index (χ2n) is 4.29. The molecule has 0 saturated heterocycles. The van der Waals surface area contributed by atoms with Gasteiger partial charge in [-0.3, -0.25) is 9.78 Å². The third-order valence-electron chi connectivity index (χ3n) is 3.23. The third kappa shape index (κ3) is 1.68. The van der Waals surface area contributed by atoms with Crippen LogP contribution in [0.2, 0.25) is 0 Å². The van der Waals surface area contributed by atoms with E-state index in [1.807, 2.05) is 6.92 Å². The lowest BCUT2D eigenvalue weighted by Gasteiger charge is -2.10. The smallest absolute Gasteiger partial charge is 0.234 e. The van der Waals surface area contributed by atoms with Gasteiger partial charge in [0.05, 0.1) is 23.5 Å². The van der Waals surface area contributed by atoms with Crippen LogP contribution in [-0.2, 0) is 4.79 Å². The summed E-state index contributed by atoms with van der Waals surface area (Å²) in [6.07, 6.45) is 3.58. The highest BCUT2D eigenvalue weighted by Crippen LogP contribution is 2.32. The van der Waals surface area contributed by atoms with Gasteiger partial charge in [-0.25, -0.2) is 4.98 Å². The predicted molar refractivity (Wildman–Crippen MR) is 62.4 cm³/mol. The maximum absolute atomic E-state index is 11.6. The Morgan fingerprint density at radius 2 is 2.25 bits per heavy atom. The summed E-state index contributed by atoms with van der Waals surface area (Å²) in [6.45, 7) is 6.25. The molecule has 1 aromatic rings. The highest BCUT2D eigenvalue weighted by molar-refractivity contribution is 6.00. The van der Waals surface area contributed by atoms with Gasteiger partial charge in [-0.2, -0.15) is 0 Å². The van der Waals surface area contributed by atoms with Crippen LogP contribution in [0.1, 0.15) is 56.8 Å². The van der Waals surface area contributed by atoms with Crippen LogP contribution in [0.4, 0.5) is 5.82 Å². The van der Waals surface area contributed by atoms with Crippen molar-refractivity contribution in [3.05, 3.63) is 17.6 Å². The molecule has 1 aliphatic heterocycles. The first-order valence-corrected chi connectivity index (χ1v) is 5.85. The Hall–Kier alpha value is -1.45. The lowest BCUT2D eigenvalue weighted by atomic mass is 10.0. The Bertz CT molecular complexity index is 417. The van der Waals surface area contributed by atoms with Crippen molar-refractivity contribution in [1.82, 2.24) is 9.97 Å². The molecular weight excluding hydrogens is 202 g/mol. The molecule has 2 rings (SSSR count). The molecule has 1 aliphatic rings. The standard InChI is InChI=1S/C12H17N3O/c1-4-7(3)9-6-13-11-10(14-9)8(5-2)12(16)15-11/h6-8H,4-5H2,1-3H3,(H,13,15,16). The molecule has 4 heteroatoms. The Balaban J connectivity index is 2.39. The molecule has 0 bridgehead atoms. The zero-order chi connectivity index (χ0) is 11.7. The minimum atomic E-state index is -0.119. The first-order chi connectivity index (χ1) is 7.67. The van der Waals surface area contributed by atoms with E-state index in [0.717, 1.165) is 24.2 Å². The zero-order valence-electron chi connectivity index (χ0n) is 9.95. The van der Waals surface area contributed by atoms with E-state index in [1.165, 1.54) is 0 Å². The number of hydrogen-bond acceptors (Lipinski definition) is 3. The molecule has 0 aromatic carbocycles. The molecule has 0 spiro atoms. The lowest BCUT2D eigenvalue weighted by molar-refractivity contribution is -0.117. The largest absolute Gasteiger partial charge is 0.309 e. The number of nitrogens with zero attached hydrogens (tertiary/aromatic N) is 2. The van der Waals surface area contributed by atoms with Crippen LogP contribution in [0.25, 0.3) is 0 Å². The van der Waals surface area contributed by atoms with Crippen molar-refractivity contribution >= 4 is 11.7 Å². The molecule has 86 valence electrons. The summed E-state index contributed by atoms with van der Waals surface area (Å²) >= 11 is 0. The Morgan fingerprint density at radius 3 is 2.88 bits per heavy atom. The van der Waals surface area contributed by atoms with E-state index in [1.54, 1.807) is 6.20 Å². The van der Waals surface area contributed by atoms with Crippen molar-refractivity contribution in [3.8, 4) is 0 Å². The third-order valence-corrected chi connectivity index (χ3v) is 3.23. The maximum Gasteiger partial charge on any atom is 0.234 e.